The van der Waals surface area contributed by atoms with Gasteiger partial charge in [0.25, 0.3) is 5.91 Å². The largest absolute Gasteiger partial charge is 0.550 e. The Labute approximate surface area is 87.9 Å². The second-order valence-electron chi connectivity index (χ2n) is 3.19. The van der Waals surface area contributed by atoms with E-state index in [1.54, 1.807) is 12.1 Å². The highest BCUT2D eigenvalue weighted by Gasteiger charge is 2.06. The van der Waals surface area contributed by atoms with Gasteiger partial charge in [0.2, 0.25) is 0 Å². The minimum absolute atomic E-state index is 0.0928. The van der Waals surface area contributed by atoms with Crippen molar-refractivity contribution in [2.75, 3.05) is 6.54 Å². The van der Waals surface area contributed by atoms with E-state index in [4.69, 9.17) is 0 Å². The van der Waals surface area contributed by atoms with E-state index in [9.17, 15) is 14.7 Å². The van der Waals surface area contributed by atoms with Crippen LogP contribution in [0.5, 0.6) is 0 Å². The van der Waals surface area contributed by atoms with Crippen molar-refractivity contribution in [1.29, 1.82) is 0 Å². The Bertz CT molecular complexity index is 374. The van der Waals surface area contributed by atoms with E-state index in [0.717, 1.165) is 5.56 Å². The number of aryl methyl sites for hydroxylation is 1. The van der Waals surface area contributed by atoms with Crippen molar-refractivity contribution in [2.24, 2.45) is 0 Å². The average Bonchev–Trinajstić information content (AvgIpc) is 2.17. The maximum Gasteiger partial charge on any atom is 0.251 e. The third-order valence-electron chi connectivity index (χ3n) is 2.00. The Balaban J connectivity index is 2.54. The molecule has 0 aliphatic carbocycles. The minimum atomic E-state index is -1.17. The molecule has 4 heteroatoms. The molecule has 0 aliphatic rings. The van der Waals surface area contributed by atoms with Crippen LogP contribution in [0.15, 0.2) is 24.3 Å². The van der Waals surface area contributed by atoms with Crippen molar-refractivity contribution in [3.63, 3.8) is 0 Å². The molecule has 0 saturated carbocycles. The molecule has 0 heterocycles. The number of carbonyl (C=O) groups excluding carboxylic acids is 2. The zero-order valence-corrected chi connectivity index (χ0v) is 8.45. The standard InChI is InChI=1S/C11H13NO3/c1-8-4-2-3-5-9(8)11(15)12-7-6-10(13)14/h2-5H,6-7H2,1H3,(H,12,15)(H,13,14)/p-1. The second kappa shape index (κ2) is 5.14. The van der Waals surface area contributed by atoms with Crippen molar-refractivity contribution >= 4 is 11.9 Å². The first-order valence-electron chi connectivity index (χ1n) is 4.65. The van der Waals surface area contributed by atoms with Gasteiger partial charge in [0.1, 0.15) is 0 Å². The second-order valence-corrected chi connectivity index (χ2v) is 3.19. The molecular formula is C11H12NO3-. The lowest BCUT2D eigenvalue weighted by Gasteiger charge is -2.07. The molecule has 0 bridgehead atoms. The molecule has 80 valence electrons. The third-order valence-corrected chi connectivity index (χ3v) is 2.00. The molecule has 0 spiro atoms. The highest BCUT2D eigenvalue weighted by Crippen LogP contribution is 2.06. The first-order valence-corrected chi connectivity index (χ1v) is 4.65. The highest BCUT2D eigenvalue weighted by molar-refractivity contribution is 5.95. The number of hydrogen-bond donors (Lipinski definition) is 1. The molecule has 15 heavy (non-hydrogen) atoms. The molecule has 0 saturated heterocycles. The fourth-order valence-electron chi connectivity index (χ4n) is 1.20. The molecule has 1 aromatic carbocycles. The van der Waals surface area contributed by atoms with Crippen LogP contribution in [0.1, 0.15) is 22.3 Å². The molecular weight excluding hydrogens is 194 g/mol. The monoisotopic (exact) mass is 206 g/mol. The SMILES string of the molecule is Cc1ccccc1C(=O)NCCC(=O)[O-]. The van der Waals surface area contributed by atoms with E-state index in [0.29, 0.717) is 5.56 Å². The smallest absolute Gasteiger partial charge is 0.251 e. The summed E-state index contributed by atoms with van der Waals surface area (Å²) in [5.74, 6) is -1.42. The Morgan fingerprint density at radius 2 is 2.00 bits per heavy atom. The van der Waals surface area contributed by atoms with E-state index in [1.807, 2.05) is 19.1 Å². The lowest BCUT2D eigenvalue weighted by atomic mass is 10.1. The first kappa shape index (κ1) is 11.2. The number of nitrogens with one attached hydrogen (secondary N) is 1. The van der Waals surface area contributed by atoms with Crippen molar-refractivity contribution in [3.8, 4) is 0 Å². The number of carbonyl (C=O) groups is 2. The van der Waals surface area contributed by atoms with E-state index < -0.39 is 5.97 Å². The summed E-state index contributed by atoms with van der Waals surface area (Å²) in [7, 11) is 0. The molecule has 0 atom stereocenters. The highest BCUT2D eigenvalue weighted by atomic mass is 16.4. The van der Waals surface area contributed by atoms with Gasteiger partial charge in [-0.1, -0.05) is 18.2 Å². The summed E-state index contributed by atoms with van der Waals surface area (Å²) in [6, 6.07) is 7.13. The van der Waals surface area contributed by atoms with Crippen molar-refractivity contribution in [2.45, 2.75) is 13.3 Å². The Morgan fingerprint density at radius 3 is 2.60 bits per heavy atom. The third kappa shape index (κ3) is 3.42. The van der Waals surface area contributed by atoms with Gasteiger partial charge in [0.05, 0.1) is 0 Å². The van der Waals surface area contributed by atoms with Gasteiger partial charge in [0, 0.05) is 24.5 Å². The topological polar surface area (TPSA) is 69.2 Å². The van der Waals surface area contributed by atoms with Gasteiger partial charge in [-0.05, 0) is 18.6 Å². The van der Waals surface area contributed by atoms with Gasteiger partial charge < -0.3 is 15.2 Å². The van der Waals surface area contributed by atoms with Crippen LogP contribution >= 0.6 is 0 Å². The van der Waals surface area contributed by atoms with Crippen LogP contribution < -0.4 is 10.4 Å². The maximum absolute atomic E-state index is 11.5. The molecule has 0 radical (unpaired) electrons. The number of aliphatic carboxylic acids is 1. The van der Waals surface area contributed by atoms with E-state index >= 15 is 0 Å². The first-order chi connectivity index (χ1) is 7.11. The number of amides is 1. The average molecular weight is 206 g/mol. The van der Waals surface area contributed by atoms with E-state index in [1.165, 1.54) is 0 Å². The zero-order valence-electron chi connectivity index (χ0n) is 8.45. The van der Waals surface area contributed by atoms with Gasteiger partial charge in [-0.15, -0.1) is 0 Å². The molecule has 0 fully saturated rings. The Morgan fingerprint density at radius 1 is 1.33 bits per heavy atom. The van der Waals surface area contributed by atoms with Crippen LogP contribution in [0.25, 0.3) is 0 Å². The number of benzene rings is 1. The molecule has 1 N–H and O–H groups in total. The van der Waals surface area contributed by atoms with Crippen LogP contribution in [0.4, 0.5) is 0 Å². The zero-order chi connectivity index (χ0) is 11.3. The molecule has 4 nitrogen and oxygen atoms in total. The van der Waals surface area contributed by atoms with Crippen LogP contribution in [0.3, 0.4) is 0 Å². The normalized spacial score (nSPS) is 9.67. The van der Waals surface area contributed by atoms with Crippen molar-refractivity contribution < 1.29 is 14.7 Å². The molecule has 1 aromatic rings. The summed E-state index contributed by atoms with van der Waals surface area (Å²) < 4.78 is 0. The van der Waals surface area contributed by atoms with Gasteiger partial charge >= 0.3 is 0 Å². The summed E-state index contributed by atoms with van der Waals surface area (Å²) in [5, 5.41) is 12.6. The minimum Gasteiger partial charge on any atom is -0.550 e. The summed E-state index contributed by atoms with van der Waals surface area (Å²) in [4.78, 5) is 21.6. The van der Waals surface area contributed by atoms with Crippen molar-refractivity contribution in [1.82, 2.24) is 5.32 Å². The summed E-state index contributed by atoms with van der Waals surface area (Å²) >= 11 is 0. The van der Waals surface area contributed by atoms with Gasteiger partial charge in [0.15, 0.2) is 0 Å². The predicted molar refractivity (Wildman–Crippen MR) is 53.1 cm³/mol. The summed E-state index contributed by atoms with van der Waals surface area (Å²) in [6.45, 7) is 1.92. The van der Waals surface area contributed by atoms with Crippen molar-refractivity contribution in [3.05, 3.63) is 35.4 Å². The molecule has 0 aromatic heterocycles. The van der Waals surface area contributed by atoms with Gasteiger partial charge in [-0.2, -0.15) is 0 Å². The summed E-state index contributed by atoms with van der Waals surface area (Å²) in [5.41, 5.74) is 1.43. The quantitative estimate of drug-likeness (QED) is 0.745. The van der Waals surface area contributed by atoms with E-state index in [2.05, 4.69) is 5.32 Å². The number of hydrogen-bond acceptors (Lipinski definition) is 3. The van der Waals surface area contributed by atoms with E-state index in [-0.39, 0.29) is 18.9 Å². The fraction of sp³-hybridized carbons (Fsp3) is 0.273. The summed E-state index contributed by atoms with van der Waals surface area (Å²) in [6.07, 6.45) is -0.169. The van der Waals surface area contributed by atoms with Gasteiger partial charge in [-0.25, -0.2) is 0 Å². The number of carboxylic acids is 1. The lowest BCUT2D eigenvalue weighted by molar-refractivity contribution is -0.305. The van der Waals surface area contributed by atoms with Crippen LogP contribution in [-0.4, -0.2) is 18.4 Å². The fourth-order valence-corrected chi connectivity index (χ4v) is 1.20. The maximum atomic E-state index is 11.5. The van der Waals surface area contributed by atoms with Crippen LogP contribution in [0, 0.1) is 6.92 Å². The number of rotatable bonds is 4. The molecule has 0 unspecified atom stereocenters. The molecule has 1 rings (SSSR count). The van der Waals surface area contributed by atoms with Crippen LogP contribution in [0.2, 0.25) is 0 Å². The van der Waals surface area contributed by atoms with Gasteiger partial charge in [-0.3, -0.25) is 4.79 Å². The molecule has 1 amide bonds. The lowest BCUT2D eigenvalue weighted by Crippen LogP contribution is -2.31. The predicted octanol–water partition coefficient (Wildman–Crippen LogP) is -0.135. The Kier molecular flexibility index (Phi) is 3.85. The number of carboxylic acid groups (broad SMARTS) is 1. The Hall–Kier alpha value is -1.84. The molecule has 0 aliphatic heterocycles. The van der Waals surface area contributed by atoms with Crippen LogP contribution in [-0.2, 0) is 4.79 Å².